The number of hydrogen-bond donors (Lipinski definition) is 2. The van der Waals surface area contributed by atoms with Crippen LogP contribution >= 0.6 is 0 Å². The number of Topliss-reactive ketones (excluding diaryl/α,β-unsaturated/α-hetero) is 1. The quantitative estimate of drug-likeness (QED) is 0.696. The number of ketones is 1. The van der Waals surface area contributed by atoms with E-state index in [9.17, 15) is 19.8 Å². The van der Waals surface area contributed by atoms with E-state index in [1.807, 2.05) is 0 Å². The van der Waals surface area contributed by atoms with Crippen molar-refractivity contribution in [1.29, 1.82) is 0 Å². The van der Waals surface area contributed by atoms with Gasteiger partial charge >= 0.3 is 0 Å². The Balaban J connectivity index is 2.23. The maximum atomic E-state index is 12.8. The molecule has 1 aliphatic carbocycles. The molecule has 1 saturated carbocycles. The summed E-state index contributed by atoms with van der Waals surface area (Å²) < 4.78 is 5.11. The van der Waals surface area contributed by atoms with Crippen molar-refractivity contribution in [2.45, 2.75) is 50.9 Å². The number of carbonyl (C=O) groups is 2. The molecule has 0 aromatic carbocycles. The Morgan fingerprint density at radius 2 is 2.15 bits per heavy atom. The second kappa shape index (κ2) is 5.79. The van der Waals surface area contributed by atoms with Crippen LogP contribution < -0.4 is 0 Å². The highest BCUT2D eigenvalue weighted by atomic mass is 16.5. The molecule has 0 radical (unpaired) electrons. The molecule has 0 aromatic heterocycles. The van der Waals surface area contributed by atoms with E-state index in [1.165, 1.54) is 6.92 Å². The number of hydrogen-bond acceptors (Lipinski definition) is 5. The van der Waals surface area contributed by atoms with Crippen LogP contribution in [0.1, 0.15) is 32.6 Å². The SMILES string of the molecule is COC[C@@H]1CCCN1C(=O)[C@@]1(C)C(=O)CC[C@H](O)[C@@H]1O. The summed E-state index contributed by atoms with van der Waals surface area (Å²) in [5.74, 6) is -0.670. The van der Waals surface area contributed by atoms with E-state index in [0.29, 0.717) is 13.2 Å². The summed E-state index contributed by atoms with van der Waals surface area (Å²) in [4.78, 5) is 26.6. The maximum Gasteiger partial charge on any atom is 0.239 e. The molecule has 2 fully saturated rings. The van der Waals surface area contributed by atoms with Crippen molar-refractivity contribution >= 4 is 11.7 Å². The number of aliphatic hydroxyl groups is 2. The van der Waals surface area contributed by atoms with Crippen molar-refractivity contribution in [3.05, 3.63) is 0 Å². The molecule has 2 aliphatic rings. The van der Waals surface area contributed by atoms with Crippen LogP contribution in [-0.2, 0) is 14.3 Å². The number of nitrogens with zero attached hydrogens (tertiary/aromatic N) is 1. The maximum absolute atomic E-state index is 12.8. The van der Waals surface area contributed by atoms with Gasteiger partial charge in [0.25, 0.3) is 0 Å². The molecule has 0 spiro atoms. The van der Waals surface area contributed by atoms with E-state index in [-0.39, 0.29) is 30.6 Å². The first-order chi connectivity index (χ1) is 9.42. The van der Waals surface area contributed by atoms with Crippen molar-refractivity contribution < 1.29 is 24.5 Å². The molecular weight excluding hydrogens is 262 g/mol. The fourth-order valence-corrected chi connectivity index (χ4v) is 3.26. The second-order valence-electron chi connectivity index (χ2n) is 5.93. The van der Waals surface area contributed by atoms with Gasteiger partial charge in [-0.2, -0.15) is 0 Å². The molecule has 20 heavy (non-hydrogen) atoms. The summed E-state index contributed by atoms with van der Waals surface area (Å²) in [6, 6.07) is -0.0524. The zero-order valence-electron chi connectivity index (χ0n) is 12.0. The lowest BCUT2D eigenvalue weighted by Gasteiger charge is -2.41. The number of carbonyl (C=O) groups excluding carboxylic acids is 2. The van der Waals surface area contributed by atoms with E-state index < -0.39 is 17.6 Å². The van der Waals surface area contributed by atoms with E-state index in [1.54, 1.807) is 12.0 Å². The Morgan fingerprint density at radius 3 is 2.80 bits per heavy atom. The van der Waals surface area contributed by atoms with Gasteiger partial charge in [-0.15, -0.1) is 0 Å². The van der Waals surface area contributed by atoms with Gasteiger partial charge in [-0.05, 0) is 26.2 Å². The van der Waals surface area contributed by atoms with Gasteiger partial charge in [0, 0.05) is 20.1 Å². The summed E-state index contributed by atoms with van der Waals surface area (Å²) >= 11 is 0. The molecule has 0 aromatic rings. The number of amides is 1. The normalized spacial score (nSPS) is 38.3. The Labute approximate surface area is 118 Å². The zero-order chi connectivity index (χ0) is 14.9. The third-order valence-corrected chi connectivity index (χ3v) is 4.64. The van der Waals surface area contributed by atoms with Crippen LogP contribution in [0.25, 0.3) is 0 Å². The molecule has 1 amide bonds. The van der Waals surface area contributed by atoms with Crippen LogP contribution in [0.3, 0.4) is 0 Å². The third-order valence-electron chi connectivity index (χ3n) is 4.64. The van der Waals surface area contributed by atoms with Gasteiger partial charge in [0.1, 0.15) is 11.5 Å². The first-order valence-corrected chi connectivity index (χ1v) is 7.12. The molecule has 114 valence electrons. The van der Waals surface area contributed by atoms with Crippen molar-refractivity contribution in [2.75, 3.05) is 20.3 Å². The van der Waals surface area contributed by atoms with Crippen LogP contribution in [0.15, 0.2) is 0 Å². The van der Waals surface area contributed by atoms with Crippen LogP contribution in [0.5, 0.6) is 0 Å². The molecule has 2 rings (SSSR count). The minimum Gasteiger partial charge on any atom is -0.390 e. The first kappa shape index (κ1) is 15.4. The fourth-order valence-electron chi connectivity index (χ4n) is 3.26. The highest BCUT2D eigenvalue weighted by molar-refractivity contribution is 6.07. The average Bonchev–Trinajstić information content (AvgIpc) is 2.88. The average molecular weight is 285 g/mol. The molecule has 0 bridgehead atoms. The van der Waals surface area contributed by atoms with Gasteiger partial charge in [-0.1, -0.05) is 0 Å². The van der Waals surface area contributed by atoms with E-state index >= 15 is 0 Å². The molecule has 6 nitrogen and oxygen atoms in total. The second-order valence-corrected chi connectivity index (χ2v) is 5.93. The van der Waals surface area contributed by atoms with Gasteiger partial charge in [0.05, 0.1) is 18.8 Å². The largest absolute Gasteiger partial charge is 0.390 e. The van der Waals surface area contributed by atoms with Gasteiger partial charge in [0.2, 0.25) is 5.91 Å². The number of methoxy groups -OCH3 is 1. The van der Waals surface area contributed by atoms with E-state index in [2.05, 4.69) is 0 Å². The van der Waals surface area contributed by atoms with Crippen LogP contribution in [0, 0.1) is 5.41 Å². The van der Waals surface area contributed by atoms with Gasteiger partial charge in [-0.3, -0.25) is 9.59 Å². The van der Waals surface area contributed by atoms with Crippen molar-refractivity contribution in [1.82, 2.24) is 4.90 Å². The van der Waals surface area contributed by atoms with Gasteiger partial charge in [-0.25, -0.2) is 0 Å². The standard InChI is InChI=1S/C14H23NO5/c1-14(11(17)6-5-10(16)12(14)18)13(19)15-7-3-4-9(15)8-20-2/h9-10,12,16,18H,3-8H2,1-2H3/t9-,10-,12-,14-/m0/s1. The molecule has 0 unspecified atom stereocenters. The Kier molecular flexibility index (Phi) is 4.46. The molecule has 1 heterocycles. The Bertz CT molecular complexity index is 399. The Morgan fingerprint density at radius 1 is 1.45 bits per heavy atom. The highest BCUT2D eigenvalue weighted by Crippen LogP contribution is 2.37. The molecular formula is C14H23NO5. The lowest BCUT2D eigenvalue weighted by molar-refractivity contribution is -0.169. The lowest BCUT2D eigenvalue weighted by Crippen LogP contribution is -2.60. The van der Waals surface area contributed by atoms with Gasteiger partial charge < -0.3 is 19.8 Å². The minimum absolute atomic E-state index is 0.0524. The molecule has 1 saturated heterocycles. The predicted octanol–water partition coefficient (Wildman–Crippen LogP) is -0.285. The molecule has 1 aliphatic heterocycles. The van der Waals surface area contributed by atoms with Gasteiger partial charge in [0.15, 0.2) is 5.78 Å². The number of aliphatic hydroxyl groups excluding tert-OH is 2. The number of ether oxygens (including phenoxy) is 1. The fraction of sp³-hybridized carbons (Fsp3) is 0.857. The van der Waals surface area contributed by atoms with E-state index in [4.69, 9.17) is 4.74 Å². The van der Waals surface area contributed by atoms with Crippen LogP contribution in [0.4, 0.5) is 0 Å². The summed E-state index contributed by atoms with van der Waals surface area (Å²) in [7, 11) is 1.58. The Hall–Kier alpha value is -0.980. The summed E-state index contributed by atoms with van der Waals surface area (Å²) in [5.41, 5.74) is -1.53. The monoisotopic (exact) mass is 285 g/mol. The van der Waals surface area contributed by atoms with E-state index in [0.717, 1.165) is 12.8 Å². The van der Waals surface area contributed by atoms with Crippen LogP contribution in [0.2, 0.25) is 0 Å². The highest BCUT2D eigenvalue weighted by Gasteiger charge is 2.55. The summed E-state index contributed by atoms with van der Waals surface area (Å²) in [6.45, 7) is 2.44. The number of likely N-dealkylation sites (tertiary alicyclic amines) is 1. The lowest BCUT2D eigenvalue weighted by atomic mass is 9.70. The number of rotatable bonds is 3. The summed E-state index contributed by atoms with van der Waals surface area (Å²) in [5, 5.41) is 20.0. The van der Waals surface area contributed by atoms with Crippen molar-refractivity contribution in [2.24, 2.45) is 5.41 Å². The topological polar surface area (TPSA) is 87.1 Å². The smallest absolute Gasteiger partial charge is 0.239 e. The van der Waals surface area contributed by atoms with Crippen molar-refractivity contribution in [3.8, 4) is 0 Å². The van der Waals surface area contributed by atoms with Crippen molar-refractivity contribution in [3.63, 3.8) is 0 Å². The minimum atomic E-state index is -1.53. The zero-order valence-corrected chi connectivity index (χ0v) is 12.0. The molecule has 2 N–H and O–H groups in total. The molecule has 4 atom stereocenters. The molecule has 6 heteroatoms. The predicted molar refractivity (Wildman–Crippen MR) is 71.0 cm³/mol. The van der Waals surface area contributed by atoms with Crippen LogP contribution in [-0.4, -0.2) is 65.3 Å². The first-order valence-electron chi connectivity index (χ1n) is 7.12. The third kappa shape index (κ3) is 2.36. The summed E-state index contributed by atoms with van der Waals surface area (Å²) in [6.07, 6.45) is -0.316.